The highest BCUT2D eigenvalue weighted by molar-refractivity contribution is 6.31. The number of aryl methyl sites for hydroxylation is 1. The zero-order chi connectivity index (χ0) is 12.8. The molecular weight excluding hydrogens is 245 g/mol. The van der Waals surface area contributed by atoms with Crippen LogP contribution < -0.4 is 5.32 Å². The van der Waals surface area contributed by atoms with E-state index in [1.54, 1.807) is 13.0 Å². The second kappa shape index (κ2) is 6.57. The number of hydrogen-bond acceptors (Lipinski definition) is 2. The lowest BCUT2D eigenvalue weighted by Gasteiger charge is -2.07. The normalized spacial score (nSPS) is 10.5. The number of nitrogens with one attached hydrogen (secondary N) is 1. The molecule has 17 heavy (non-hydrogen) atoms. The van der Waals surface area contributed by atoms with E-state index in [9.17, 15) is 9.18 Å². The minimum atomic E-state index is -0.836. The summed E-state index contributed by atoms with van der Waals surface area (Å²) in [5.74, 6) is -1.10. The van der Waals surface area contributed by atoms with E-state index in [1.165, 1.54) is 6.07 Å². The maximum Gasteiger partial charge on any atom is 0.304 e. The Morgan fingerprint density at radius 2 is 2.18 bits per heavy atom. The molecule has 94 valence electrons. The number of hydrogen-bond donors (Lipinski definition) is 2. The number of carbonyl (C=O) groups is 1. The van der Waals surface area contributed by atoms with Crippen molar-refractivity contribution in [1.29, 1.82) is 0 Å². The first-order valence-electron chi connectivity index (χ1n) is 5.37. The molecular formula is C12H15ClFNO2. The van der Waals surface area contributed by atoms with Gasteiger partial charge in [0.15, 0.2) is 0 Å². The molecule has 0 amide bonds. The van der Waals surface area contributed by atoms with Crippen LogP contribution in [0.1, 0.15) is 17.5 Å². The van der Waals surface area contributed by atoms with Gasteiger partial charge in [0.2, 0.25) is 0 Å². The molecule has 2 N–H and O–H groups in total. The number of rotatable bonds is 6. The molecule has 0 bridgehead atoms. The molecule has 5 heteroatoms. The second-order valence-corrected chi connectivity index (χ2v) is 4.24. The van der Waals surface area contributed by atoms with Gasteiger partial charge in [-0.15, -0.1) is 0 Å². The van der Waals surface area contributed by atoms with Crippen molar-refractivity contribution in [3.63, 3.8) is 0 Å². The molecule has 0 radical (unpaired) electrons. The quantitative estimate of drug-likeness (QED) is 0.772. The number of aliphatic carboxylic acids is 1. The Balaban J connectivity index is 2.41. The predicted octanol–water partition coefficient (Wildman–Crippen LogP) is 2.39. The van der Waals surface area contributed by atoms with Crippen molar-refractivity contribution in [2.75, 3.05) is 13.1 Å². The summed E-state index contributed by atoms with van der Waals surface area (Å²) in [5, 5.41) is 11.9. The fourth-order valence-corrected chi connectivity index (χ4v) is 1.74. The van der Waals surface area contributed by atoms with Gasteiger partial charge in [-0.1, -0.05) is 11.6 Å². The van der Waals surface area contributed by atoms with E-state index in [4.69, 9.17) is 16.7 Å². The van der Waals surface area contributed by atoms with E-state index in [1.807, 2.05) is 0 Å². The van der Waals surface area contributed by atoms with E-state index < -0.39 is 5.97 Å². The van der Waals surface area contributed by atoms with Crippen LogP contribution in [-0.2, 0) is 11.2 Å². The Morgan fingerprint density at radius 3 is 2.82 bits per heavy atom. The van der Waals surface area contributed by atoms with E-state index in [0.29, 0.717) is 30.1 Å². The smallest absolute Gasteiger partial charge is 0.304 e. The lowest BCUT2D eigenvalue weighted by atomic mass is 10.1. The highest BCUT2D eigenvalue weighted by atomic mass is 35.5. The molecule has 0 atom stereocenters. The molecule has 0 saturated carbocycles. The summed E-state index contributed by atoms with van der Waals surface area (Å²) in [5.41, 5.74) is 1.26. The molecule has 0 unspecified atom stereocenters. The van der Waals surface area contributed by atoms with Gasteiger partial charge < -0.3 is 10.4 Å². The van der Waals surface area contributed by atoms with Crippen LogP contribution in [0.2, 0.25) is 5.02 Å². The van der Waals surface area contributed by atoms with Crippen molar-refractivity contribution in [3.05, 3.63) is 34.1 Å². The summed E-state index contributed by atoms with van der Waals surface area (Å²) in [6, 6.07) is 3.03. The van der Waals surface area contributed by atoms with E-state index in [0.717, 1.165) is 5.56 Å². The summed E-state index contributed by atoms with van der Waals surface area (Å²) in [7, 11) is 0. The second-order valence-electron chi connectivity index (χ2n) is 3.84. The Kier molecular flexibility index (Phi) is 5.38. The lowest BCUT2D eigenvalue weighted by molar-refractivity contribution is -0.136. The number of halogens is 2. The molecule has 0 aliphatic rings. The molecule has 1 rings (SSSR count). The van der Waals surface area contributed by atoms with Crippen molar-refractivity contribution in [1.82, 2.24) is 5.32 Å². The van der Waals surface area contributed by atoms with Crippen LogP contribution in [0.25, 0.3) is 0 Å². The first kappa shape index (κ1) is 13.9. The maximum absolute atomic E-state index is 13.3. The van der Waals surface area contributed by atoms with Crippen LogP contribution in [0.4, 0.5) is 4.39 Å². The predicted molar refractivity (Wildman–Crippen MR) is 65.0 cm³/mol. The van der Waals surface area contributed by atoms with Crippen molar-refractivity contribution in [2.24, 2.45) is 0 Å². The Labute approximate surface area is 105 Å². The number of carboxylic acid groups (broad SMARTS) is 1. The highest BCUT2D eigenvalue weighted by Gasteiger charge is 2.05. The van der Waals surface area contributed by atoms with Crippen molar-refractivity contribution in [3.8, 4) is 0 Å². The molecule has 1 aromatic rings. The minimum Gasteiger partial charge on any atom is -0.481 e. The molecule has 3 nitrogen and oxygen atoms in total. The lowest BCUT2D eigenvalue weighted by Crippen LogP contribution is -2.20. The molecule has 0 fully saturated rings. The Bertz CT molecular complexity index is 410. The first-order chi connectivity index (χ1) is 8.00. The van der Waals surface area contributed by atoms with Crippen LogP contribution in [0.3, 0.4) is 0 Å². The molecule has 0 aliphatic carbocycles. The largest absolute Gasteiger partial charge is 0.481 e. The standard InChI is InChI=1S/C12H15ClFNO2/c1-8-6-10(13)9(7-11(8)14)2-4-15-5-3-12(16)17/h6-7,15H,2-5H2,1H3,(H,16,17). The Hall–Kier alpha value is -1.13. The van der Waals surface area contributed by atoms with Crippen LogP contribution in [0.5, 0.6) is 0 Å². The highest BCUT2D eigenvalue weighted by Crippen LogP contribution is 2.20. The third-order valence-corrected chi connectivity index (χ3v) is 2.77. The van der Waals surface area contributed by atoms with E-state index in [-0.39, 0.29) is 12.2 Å². The van der Waals surface area contributed by atoms with Crippen molar-refractivity contribution < 1.29 is 14.3 Å². The molecule has 0 aliphatic heterocycles. The van der Waals surface area contributed by atoms with Gasteiger partial charge in [-0.3, -0.25) is 4.79 Å². The summed E-state index contributed by atoms with van der Waals surface area (Å²) in [6.45, 7) is 2.65. The SMILES string of the molecule is Cc1cc(Cl)c(CCNCCC(=O)O)cc1F. The van der Waals surface area contributed by atoms with E-state index >= 15 is 0 Å². The van der Waals surface area contributed by atoms with Gasteiger partial charge in [0.25, 0.3) is 0 Å². The average molecular weight is 260 g/mol. The van der Waals surface area contributed by atoms with Crippen LogP contribution >= 0.6 is 11.6 Å². The van der Waals surface area contributed by atoms with Crippen LogP contribution in [-0.4, -0.2) is 24.2 Å². The van der Waals surface area contributed by atoms with Gasteiger partial charge in [-0.05, 0) is 43.1 Å². The Morgan fingerprint density at radius 1 is 1.47 bits per heavy atom. The third kappa shape index (κ3) is 4.71. The van der Waals surface area contributed by atoms with Crippen LogP contribution in [0, 0.1) is 12.7 Å². The van der Waals surface area contributed by atoms with Gasteiger partial charge in [0.1, 0.15) is 5.82 Å². The molecule has 0 heterocycles. The minimum absolute atomic E-state index is 0.0794. The van der Waals surface area contributed by atoms with Gasteiger partial charge in [0.05, 0.1) is 6.42 Å². The summed E-state index contributed by atoms with van der Waals surface area (Å²) in [4.78, 5) is 10.3. The van der Waals surface area contributed by atoms with Gasteiger partial charge in [-0.2, -0.15) is 0 Å². The fourth-order valence-electron chi connectivity index (χ4n) is 1.42. The molecule has 0 spiro atoms. The average Bonchev–Trinajstić information content (AvgIpc) is 2.24. The maximum atomic E-state index is 13.3. The topological polar surface area (TPSA) is 49.3 Å². The zero-order valence-electron chi connectivity index (χ0n) is 9.59. The van der Waals surface area contributed by atoms with E-state index in [2.05, 4.69) is 5.32 Å². The fraction of sp³-hybridized carbons (Fsp3) is 0.417. The third-order valence-electron chi connectivity index (χ3n) is 2.41. The number of carboxylic acids is 1. The van der Waals surface area contributed by atoms with Gasteiger partial charge in [-0.25, -0.2) is 4.39 Å². The van der Waals surface area contributed by atoms with Gasteiger partial charge in [0, 0.05) is 11.6 Å². The first-order valence-corrected chi connectivity index (χ1v) is 5.75. The molecule has 0 aromatic heterocycles. The number of benzene rings is 1. The molecule has 0 saturated heterocycles. The van der Waals surface area contributed by atoms with Crippen LogP contribution in [0.15, 0.2) is 12.1 Å². The van der Waals surface area contributed by atoms with Gasteiger partial charge >= 0.3 is 5.97 Å². The molecule has 1 aromatic carbocycles. The zero-order valence-corrected chi connectivity index (χ0v) is 10.4. The summed E-state index contributed by atoms with van der Waals surface area (Å²) < 4.78 is 13.3. The summed E-state index contributed by atoms with van der Waals surface area (Å²) in [6.07, 6.45) is 0.658. The monoisotopic (exact) mass is 259 g/mol. The summed E-state index contributed by atoms with van der Waals surface area (Å²) >= 11 is 5.98. The van der Waals surface area contributed by atoms with Crippen molar-refractivity contribution in [2.45, 2.75) is 19.8 Å². The van der Waals surface area contributed by atoms with Crippen molar-refractivity contribution >= 4 is 17.6 Å².